The van der Waals surface area contributed by atoms with Crippen molar-refractivity contribution in [2.45, 2.75) is 32.2 Å². The third-order valence-electron chi connectivity index (χ3n) is 2.13. The molecule has 0 aliphatic rings. The van der Waals surface area contributed by atoms with Crippen LogP contribution in [0.3, 0.4) is 0 Å². The van der Waals surface area contributed by atoms with Crippen LogP contribution in [-0.4, -0.2) is 31.4 Å². The van der Waals surface area contributed by atoms with Crippen molar-refractivity contribution in [3.8, 4) is 0 Å². The summed E-state index contributed by atoms with van der Waals surface area (Å²) in [7, 11) is 1.33. The molecule has 0 saturated carbocycles. The van der Waals surface area contributed by atoms with E-state index in [2.05, 4.69) is 10.1 Å². The molecule has 0 amide bonds. The number of hydrogen-bond acceptors (Lipinski definition) is 4. The predicted molar refractivity (Wildman–Crippen MR) is 49.4 cm³/mol. The van der Waals surface area contributed by atoms with E-state index < -0.39 is 5.54 Å². The molecule has 0 aliphatic carbocycles. The average Bonchev–Trinajstić information content (AvgIpc) is 2.16. The van der Waals surface area contributed by atoms with Crippen LogP contribution in [0.25, 0.3) is 0 Å². The number of aldehydes is 1. The molecule has 1 atom stereocenters. The number of nitrogens with one attached hydrogen (secondary N) is 1. The van der Waals surface area contributed by atoms with E-state index >= 15 is 0 Å². The topological polar surface area (TPSA) is 55.4 Å². The maximum atomic E-state index is 11.4. The first kappa shape index (κ1) is 12.1. The van der Waals surface area contributed by atoms with Crippen LogP contribution in [0, 0.1) is 0 Å². The lowest BCUT2D eigenvalue weighted by Gasteiger charge is -2.28. The van der Waals surface area contributed by atoms with Gasteiger partial charge in [0.2, 0.25) is 0 Å². The summed E-state index contributed by atoms with van der Waals surface area (Å²) in [6, 6.07) is 0. The number of likely N-dealkylation sites (N-methyl/N-ethyl adjacent to an activating group) is 1. The summed E-state index contributed by atoms with van der Waals surface area (Å²) < 4.78 is 4.65. The second kappa shape index (κ2) is 5.70. The van der Waals surface area contributed by atoms with Crippen molar-refractivity contribution in [3.05, 3.63) is 0 Å². The Hall–Kier alpha value is -0.900. The van der Waals surface area contributed by atoms with Crippen molar-refractivity contribution in [1.29, 1.82) is 0 Å². The lowest BCUT2D eigenvalue weighted by Crippen LogP contribution is -2.52. The van der Waals surface area contributed by atoms with E-state index in [-0.39, 0.29) is 12.4 Å². The smallest absolute Gasteiger partial charge is 0.326 e. The first-order chi connectivity index (χ1) is 6.16. The van der Waals surface area contributed by atoms with Gasteiger partial charge in [-0.3, -0.25) is 4.79 Å². The highest BCUT2D eigenvalue weighted by molar-refractivity contribution is 5.83. The van der Waals surface area contributed by atoms with Gasteiger partial charge in [0.1, 0.15) is 11.8 Å². The van der Waals surface area contributed by atoms with Crippen molar-refractivity contribution in [2.75, 3.05) is 13.7 Å². The van der Waals surface area contributed by atoms with Gasteiger partial charge in [0.05, 0.1) is 7.11 Å². The molecule has 0 aromatic rings. The Balaban J connectivity index is 4.61. The van der Waals surface area contributed by atoms with Gasteiger partial charge in [0.25, 0.3) is 0 Å². The zero-order chi connectivity index (χ0) is 10.3. The number of carbonyl (C=O) groups is 2. The number of carbonyl (C=O) groups excluding carboxylic acids is 2. The molecule has 0 radical (unpaired) electrons. The highest BCUT2D eigenvalue weighted by Crippen LogP contribution is 2.15. The second-order valence-electron chi connectivity index (χ2n) is 2.83. The molecular formula is C9H17NO3. The summed E-state index contributed by atoms with van der Waals surface area (Å²) in [5.41, 5.74) is -0.828. The Bertz CT molecular complexity index is 182. The van der Waals surface area contributed by atoms with Crippen LogP contribution in [0.2, 0.25) is 0 Å². The van der Waals surface area contributed by atoms with Gasteiger partial charge in [-0.1, -0.05) is 13.8 Å². The molecule has 0 fully saturated rings. The van der Waals surface area contributed by atoms with Gasteiger partial charge in [-0.2, -0.15) is 0 Å². The molecule has 4 nitrogen and oxygen atoms in total. The number of methoxy groups -OCH3 is 1. The zero-order valence-electron chi connectivity index (χ0n) is 8.42. The van der Waals surface area contributed by atoms with Gasteiger partial charge < -0.3 is 14.8 Å². The third kappa shape index (κ3) is 2.81. The first-order valence-corrected chi connectivity index (χ1v) is 4.44. The molecule has 76 valence electrons. The molecule has 0 saturated heterocycles. The molecule has 1 unspecified atom stereocenters. The molecule has 0 aromatic carbocycles. The van der Waals surface area contributed by atoms with Crippen molar-refractivity contribution < 1.29 is 14.3 Å². The fourth-order valence-electron chi connectivity index (χ4n) is 1.32. The van der Waals surface area contributed by atoms with Crippen molar-refractivity contribution in [3.63, 3.8) is 0 Å². The summed E-state index contributed by atoms with van der Waals surface area (Å²) in [6.07, 6.45) is 1.44. The fourth-order valence-corrected chi connectivity index (χ4v) is 1.32. The Morgan fingerprint density at radius 3 is 2.46 bits per heavy atom. The summed E-state index contributed by atoms with van der Waals surface area (Å²) in [6.45, 7) is 4.37. The minimum Gasteiger partial charge on any atom is -0.468 e. The molecule has 0 aliphatic heterocycles. The van der Waals surface area contributed by atoms with Crippen molar-refractivity contribution >= 4 is 12.3 Å². The van der Waals surface area contributed by atoms with Crippen LogP contribution < -0.4 is 5.32 Å². The molecule has 4 heteroatoms. The van der Waals surface area contributed by atoms with E-state index in [9.17, 15) is 9.59 Å². The van der Waals surface area contributed by atoms with Crippen LogP contribution in [0.1, 0.15) is 26.7 Å². The standard InChI is InChI=1S/C9H17NO3/c1-4-9(6-7-11,10-5-2)8(12)13-3/h7,10H,4-6H2,1-3H3. The Morgan fingerprint density at radius 1 is 1.54 bits per heavy atom. The Labute approximate surface area is 78.6 Å². The maximum absolute atomic E-state index is 11.4. The maximum Gasteiger partial charge on any atom is 0.326 e. The molecule has 0 heterocycles. The monoisotopic (exact) mass is 187 g/mol. The summed E-state index contributed by atoms with van der Waals surface area (Å²) in [5, 5.41) is 2.99. The number of ether oxygens (including phenoxy) is 1. The lowest BCUT2D eigenvalue weighted by atomic mass is 9.92. The molecular weight excluding hydrogens is 170 g/mol. The molecule has 0 rings (SSSR count). The van der Waals surface area contributed by atoms with Crippen LogP contribution in [0.15, 0.2) is 0 Å². The number of hydrogen-bond donors (Lipinski definition) is 1. The number of esters is 1. The van der Waals surface area contributed by atoms with E-state index in [1.165, 1.54) is 7.11 Å². The fraction of sp³-hybridized carbons (Fsp3) is 0.778. The van der Waals surface area contributed by atoms with Gasteiger partial charge in [-0.05, 0) is 13.0 Å². The highest BCUT2D eigenvalue weighted by atomic mass is 16.5. The first-order valence-electron chi connectivity index (χ1n) is 4.44. The van der Waals surface area contributed by atoms with Gasteiger partial charge in [-0.15, -0.1) is 0 Å². The van der Waals surface area contributed by atoms with E-state index in [4.69, 9.17) is 0 Å². The Kier molecular flexibility index (Phi) is 5.30. The largest absolute Gasteiger partial charge is 0.468 e. The SMILES string of the molecule is CCNC(CC)(CC=O)C(=O)OC. The third-order valence-corrected chi connectivity index (χ3v) is 2.13. The highest BCUT2D eigenvalue weighted by Gasteiger charge is 2.36. The van der Waals surface area contributed by atoms with E-state index in [1.807, 2.05) is 13.8 Å². The zero-order valence-corrected chi connectivity index (χ0v) is 8.42. The van der Waals surface area contributed by atoms with Gasteiger partial charge in [0.15, 0.2) is 0 Å². The number of rotatable bonds is 6. The molecule has 13 heavy (non-hydrogen) atoms. The molecule has 0 spiro atoms. The van der Waals surface area contributed by atoms with E-state index in [0.717, 1.165) is 6.29 Å². The Morgan fingerprint density at radius 2 is 2.15 bits per heavy atom. The lowest BCUT2D eigenvalue weighted by molar-refractivity contribution is -0.150. The second-order valence-corrected chi connectivity index (χ2v) is 2.83. The van der Waals surface area contributed by atoms with Gasteiger partial charge >= 0.3 is 5.97 Å². The van der Waals surface area contributed by atoms with Crippen LogP contribution >= 0.6 is 0 Å². The summed E-state index contributed by atoms with van der Waals surface area (Å²) >= 11 is 0. The summed E-state index contributed by atoms with van der Waals surface area (Å²) in [4.78, 5) is 21.8. The van der Waals surface area contributed by atoms with Gasteiger partial charge in [-0.25, -0.2) is 0 Å². The van der Waals surface area contributed by atoms with Crippen LogP contribution in [-0.2, 0) is 14.3 Å². The van der Waals surface area contributed by atoms with Gasteiger partial charge in [0, 0.05) is 6.42 Å². The minimum atomic E-state index is -0.828. The van der Waals surface area contributed by atoms with E-state index in [1.54, 1.807) is 0 Å². The predicted octanol–water partition coefficient (Wildman–Crippen LogP) is 0.507. The van der Waals surface area contributed by atoms with Crippen LogP contribution in [0.4, 0.5) is 0 Å². The van der Waals surface area contributed by atoms with Crippen LogP contribution in [0.5, 0.6) is 0 Å². The molecule has 0 aromatic heterocycles. The summed E-state index contributed by atoms with van der Waals surface area (Å²) in [5.74, 6) is -0.371. The van der Waals surface area contributed by atoms with E-state index in [0.29, 0.717) is 13.0 Å². The normalized spacial score (nSPS) is 14.7. The molecule has 1 N–H and O–H groups in total. The van der Waals surface area contributed by atoms with Crippen molar-refractivity contribution in [1.82, 2.24) is 5.32 Å². The minimum absolute atomic E-state index is 0.157. The average molecular weight is 187 g/mol. The van der Waals surface area contributed by atoms with Crippen molar-refractivity contribution in [2.24, 2.45) is 0 Å². The quantitative estimate of drug-likeness (QED) is 0.486. The molecule has 0 bridgehead atoms.